The maximum atomic E-state index is 13.6. The van der Waals surface area contributed by atoms with Crippen molar-refractivity contribution in [3.8, 4) is 16.9 Å². The minimum absolute atomic E-state index is 0.00540. The van der Waals surface area contributed by atoms with Crippen LogP contribution in [0.4, 0.5) is 13.2 Å². The average Bonchev–Trinajstić information content (AvgIpc) is 3.28. The standard InChI is InChI=1S/C32H34F3N3O3/c33-32(34,35)23-36-30(40)31(27-14-6-4-12-25(27)26-13-5-7-15-28(26)31)16-8-9-17-37-18-20-38(21-19-37)29(39)22-41-24-10-2-1-3-11-24/h1-7,10-15H,8-9,16-23H2,(H,36,40). The molecule has 9 heteroatoms. The maximum absolute atomic E-state index is 13.6. The van der Waals surface area contributed by atoms with Crippen LogP contribution in [0.2, 0.25) is 0 Å². The number of unbranched alkanes of at least 4 members (excludes halogenated alkanes) is 1. The number of alkyl halides is 3. The van der Waals surface area contributed by atoms with E-state index in [0.717, 1.165) is 48.3 Å². The lowest BCUT2D eigenvalue weighted by Crippen LogP contribution is -2.50. The van der Waals surface area contributed by atoms with E-state index in [4.69, 9.17) is 4.74 Å². The number of hydrogen-bond donors (Lipinski definition) is 1. The van der Waals surface area contributed by atoms with Crippen molar-refractivity contribution in [3.63, 3.8) is 0 Å². The molecule has 0 atom stereocenters. The summed E-state index contributed by atoms with van der Waals surface area (Å²) < 4.78 is 44.8. The van der Waals surface area contributed by atoms with Gasteiger partial charge in [0, 0.05) is 26.2 Å². The Morgan fingerprint density at radius 1 is 0.805 bits per heavy atom. The number of nitrogens with one attached hydrogen (secondary N) is 1. The Bertz CT molecular complexity index is 1310. The highest BCUT2D eigenvalue weighted by Gasteiger charge is 2.49. The number of carbonyl (C=O) groups is 2. The van der Waals surface area contributed by atoms with Crippen LogP contribution in [0.5, 0.6) is 5.75 Å². The summed E-state index contributed by atoms with van der Waals surface area (Å²) in [5.41, 5.74) is 2.11. The van der Waals surface area contributed by atoms with Crippen LogP contribution in [0.25, 0.3) is 11.1 Å². The Hall–Kier alpha value is -3.85. The van der Waals surface area contributed by atoms with Crippen LogP contribution in [0, 0.1) is 0 Å². The van der Waals surface area contributed by atoms with Crippen molar-refractivity contribution in [2.45, 2.75) is 30.9 Å². The molecule has 3 aromatic carbocycles. The molecular formula is C32H34F3N3O3. The first-order chi connectivity index (χ1) is 19.8. The summed E-state index contributed by atoms with van der Waals surface area (Å²) in [4.78, 5) is 30.3. The monoisotopic (exact) mass is 565 g/mol. The van der Waals surface area contributed by atoms with E-state index in [2.05, 4.69) is 10.2 Å². The molecule has 2 aliphatic rings. The highest BCUT2D eigenvalue weighted by Crippen LogP contribution is 2.51. The van der Waals surface area contributed by atoms with Gasteiger partial charge in [0.25, 0.3) is 5.91 Å². The van der Waals surface area contributed by atoms with Gasteiger partial charge < -0.3 is 15.0 Å². The Labute approximate surface area is 238 Å². The number of ether oxygens (including phenoxy) is 1. The molecule has 1 N–H and O–H groups in total. The molecule has 0 radical (unpaired) electrons. The van der Waals surface area contributed by atoms with Gasteiger partial charge in [-0.2, -0.15) is 13.2 Å². The number of carbonyl (C=O) groups excluding carboxylic acids is 2. The predicted molar refractivity (Wildman–Crippen MR) is 151 cm³/mol. The Kier molecular flexibility index (Phi) is 8.63. The van der Waals surface area contributed by atoms with E-state index in [9.17, 15) is 22.8 Å². The molecule has 6 nitrogen and oxygen atoms in total. The van der Waals surface area contributed by atoms with E-state index >= 15 is 0 Å². The van der Waals surface area contributed by atoms with E-state index in [-0.39, 0.29) is 12.5 Å². The zero-order chi connectivity index (χ0) is 28.9. The topological polar surface area (TPSA) is 61.9 Å². The summed E-state index contributed by atoms with van der Waals surface area (Å²) in [6.07, 6.45) is -2.65. The van der Waals surface area contributed by atoms with Crippen LogP contribution in [0.15, 0.2) is 78.9 Å². The first kappa shape index (κ1) is 28.7. The normalized spacial score (nSPS) is 16.1. The van der Waals surface area contributed by atoms with Gasteiger partial charge in [-0.05, 0) is 53.8 Å². The van der Waals surface area contributed by atoms with E-state index < -0.39 is 24.0 Å². The quantitative estimate of drug-likeness (QED) is 0.351. The molecule has 1 heterocycles. The molecule has 1 aliphatic heterocycles. The average molecular weight is 566 g/mol. The van der Waals surface area contributed by atoms with Gasteiger partial charge in [0.15, 0.2) is 6.61 Å². The van der Waals surface area contributed by atoms with Crippen LogP contribution in [0.3, 0.4) is 0 Å². The molecule has 0 unspecified atom stereocenters. The number of rotatable bonds is 10. The number of nitrogens with zero attached hydrogens (tertiary/aromatic N) is 2. The van der Waals surface area contributed by atoms with Crippen molar-refractivity contribution in [1.82, 2.24) is 15.1 Å². The summed E-state index contributed by atoms with van der Waals surface area (Å²) >= 11 is 0. The zero-order valence-electron chi connectivity index (χ0n) is 22.8. The largest absolute Gasteiger partial charge is 0.484 e. The van der Waals surface area contributed by atoms with Crippen molar-refractivity contribution in [3.05, 3.63) is 90.0 Å². The summed E-state index contributed by atoms with van der Waals surface area (Å²) in [7, 11) is 0. The molecule has 0 saturated carbocycles. The van der Waals surface area contributed by atoms with Gasteiger partial charge in [-0.1, -0.05) is 73.2 Å². The fourth-order valence-electron chi connectivity index (χ4n) is 5.98. The summed E-state index contributed by atoms with van der Waals surface area (Å²) in [5.74, 6) is 0.00723. The molecule has 3 aromatic rings. The second-order valence-corrected chi connectivity index (χ2v) is 10.6. The molecule has 216 valence electrons. The number of amides is 2. The molecular weight excluding hydrogens is 531 g/mol. The highest BCUT2D eigenvalue weighted by atomic mass is 19.4. The van der Waals surface area contributed by atoms with Gasteiger partial charge in [-0.15, -0.1) is 0 Å². The summed E-state index contributed by atoms with van der Waals surface area (Å²) in [5, 5.41) is 2.19. The van der Waals surface area contributed by atoms with Gasteiger partial charge in [0.1, 0.15) is 17.7 Å². The van der Waals surface area contributed by atoms with E-state index in [1.54, 1.807) is 0 Å². The second kappa shape index (κ2) is 12.3. The first-order valence-corrected chi connectivity index (χ1v) is 14.0. The SMILES string of the molecule is O=C(COc1ccccc1)N1CCN(CCCCC2(C(=O)NCC(F)(F)F)c3ccccc3-c3ccccc32)CC1. The van der Waals surface area contributed by atoms with Gasteiger partial charge in [-0.3, -0.25) is 14.5 Å². The molecule has 1 saturated heterocycles. The van der Waals surface area contributed by atoms with Crippen molar-refractivity contribution in [1.29, 1.82) is 0 Å². The van der Waals surface area contributed by atoms with Crippen LogP contribution in [-0.4, -0.2) is 73.7 Å². The van der Waals surface area contributed by atoms with Gasteiger partial charge >= 0.3 is 6.18 Å². The molecule has 0 bridgehead atoms. The lowest BCUT2D eigenvalue weighted by atomic mass is 9.73. The maximum Gasteiger partial charge on any atom is 0.405 e. The third kappa shape index (κ3) is 6.40. The summed E-state index contributed by atoms with van der Waals surface area (Å²) in [6.45, 7) is 2.12. The second-order valence-electron chi connectivity index (χ2n) is 10.6. The van der Waals surface area contributed by atoms with Crippen LogP contribution in [-0.2, 0) is 15.0 Å². The first-order valence-electron chi connectivity index (χ1n) is 14.0. The molecule has 2 amide bonds. The molecule has 1 aliphatic carbocycles. The van der Waals surface area contributed by atoms with Crippen LogP contribution >= 0.6 is 0 Å². The Balaban J connectivity index is 1.19. The number of fused-ring (bicyclic) bond motifs is 3. The number of piperazine rings is 1. The van der Waals surface area contributed by atoms with Gasteiger partial charge in [-0.25, -0.2) is 0 Å². The molecule has 5 rings (SSSR count). The van der Waals surface area contributed by atoms with E-state index in [1.165, 1.54) is 0 Å². The van der Waals surface area contributed by atoms with Gasteiger partial charge in [0.05, 0.1) is 0 Å². The number of halogens is 3. The third-order valence-electron chi connectivity index (χ3n) is 8.01. The predicted octanol–water partition coefficient (Wildman–Crippen LogP) is 5.03. The van der Waals surface area contributed by atoms with Crippen LogP contribution in [0.1, 0.15) is 30.4 Å². The number of benzene rings is 3. The minimum Gasteiger partial charge on any atom is -0.484 e. The van der Waals surface area contributed by atoms with Crippen molar-refractivity contribution in [2.24, 2.45) is 0 Å². The zero-order valence-corrected chi connectivity index (χ0v) is 22.8. The summed E-state index contributed by atoms with van der Waals surface area (Å²) in [6, 6.07) is 24.3. The number of para-hydroxylation sites is 1. The fourth-order valence-corrected chi connectivity index (χ4v) is 5.98. The van der Waals surface area contributed by atoms with Crippen LogP contribution < -0.4 is 10.1 Å². The fraction of sp³-hybridized carbons (Fsp3) is 0.375. The lowest BCUT2D eigenvalue weighted by Gasteiger charge is -2.35. The van der Waals surface area contributed by atoms with Crippen molar-refractivity contribution in [2.75, 3.05) is 45.9 Å². The smallest absolute Gasteiger partial charge is 0.405 e. The van der Waals surface area contributed by atoms with E-state index in [1.807, 2.05) is 83.8 Å². The van der Waals surface area contributed by atoms with Crippen molar-refractivity contribution < 1.29 is 27.5 Å². The van der Waals surface area contributed by atoms with E-state index in [0.29, 0.717) is 31.7 Å². The molecule has 1 fully saturated rings. The third-order valence-corrected chi connectivity index (χ3v) is 8.01. The van der Waals surface area contributed by atoms with Crippen molar-refractivity contribution >= 4 is 11.8 Å². The molecule has 0 spiro atoms. The number of hydrogen-bond acceptors (Lipinski definition) is 4. The Morgan fingerprint density at radius 3 is 2.00 bits per heavy atom. The highest BCUT2D eigenvalue weighted by molar-refractivity contribution is 6.00. The molecule has 0 aromatic heterocycles. The molecule has 41 heavy (non-hydrogen) atoms. The van der Waals surface area contributed by atoms with Gasteiger partial charge in [0.2, 0.25) is 5.91 Å². The minimum atomic E-state index is -4.49. The lowest BCUT2D eigenvalue weighted by molar-refractivity contribution is -0.141. The Morgan fingerprint density at radius 2 is 1.39 bits per heavy atom.